The van der Waals surface area contributed by atoms with E-state index in [1.165, 1.54) is 83.0 Å². The number of hydrogen-bond donors (Lipinski definition) is 10. The van der Waals surface area contributed by atoms with E-state index in [2.05, 4.69) is 28.2 Å². The number of aliphatic carboxylic acids is 1. The Morgan fingerprint density at radius 2 is 1.28 bits per heavy atom. The highest BCUT2D eigenvalue weighted by Crippen LogP contribution is 2.28. The molecule has 1 fully saturated rings. The number of ether oxygens (including phenoxy) is 2. The number of amides is 5. The maximum atomic E-state index is 14.7. The quantitative estimate of drug-likeness (QED) is 0.0325. The van der Waals surface area contributed by atoms with E-state index < -0.39 is 95.9 Å². The van der Waals surface area contributed by atoms with E-state index in [9.17, 15) is 54.3 Å². The number of carboxylic acids is 1. The predicted octanol–water partition coefficient (Wildman–Crippen LogP) is 5.62. The van der Waals surface area contributed by atoms with Gasteiger partial charge in [0.1, 0.15) is 47.7 Å². The molecule has 0 aliphatic carbocycles. The van der Waals surface area contributed by atoms with Crippen LogP contribution < -0.4 is 27.0 Å². The van der Waals surface area contributed by atoms with Gasteiger partial charge in [0.2, 0.25) is 23.6 Å². The Morgan fingerprint density at radius 1 is 0.704 bits per heavy atom. The molecule has 2 heterocycles. The van der Waals surface area contributed by atoms with Gasteiger partial charge >= 0.3 is 5.97 Å². The Morgan fingerprint density at radius 3 is 1.89 bits per heavy atom. The van der Waals surface area contributed by atoms with Gasteiger partial charge in [-0.25, -0.2) is 4.79 Å². The number of aromatic hydroxyl groups is 1. The lowest BCUT2D eigenvalue weighted by Crippen LogP contribution is -2.62. The number of hydrogen-bond acceptors (Lipinski definition) is 13. The standard InChI is InChI=1S/C62H92N6O13/c1-6-7-8-9-10-11-12-13-14-15-16-17-18-26-33-80-60-53(72)51(70)52(71)54(81-60)58(76)64-32-25-24-31-48(56(74)67-62(4,5)61(78)79)65-55(73)49(36-42-27-20-19-21-28-42)66-57(75)50-37-43-29-22-23-30-44(43)39-68(50)59(77)47(63)38-46-40(2)34-45(69)35-41(46)3/h19-23,27-30,34-35,47-54,60,69-72H,6-18,24-26,31-33,36-39,63H2,1-5H3,(H,64,76)(H,65,73)(H,66,75)(H,67,74)(H,78,79)/t47-,48+,49-,50-,51-,52-,53+,54-,60+/m0/s1. The van der Waals surface area contributed by atoms with Crippen LogP contribution in [0.4, 0.5) is 0 Å². The third-order valence-corrected chi connectivity index (χ3v) is 15.6. The number of fused-ring (bicyclic) bond motifs is 1. The number of aliphatic hydroxyl groups excluding tert-OH is 3. The second kappa shape index (κ2) is 33.2. The van der Waals surface area contributed by atoms with Gasteiger partial charge in [0.25, 0.3) is 5.91 Å². The normalized spacial score (nSPS) is 20.1. The molecule has 1 saturated heterocycles. The summed E-state index contributed by atoms with van der Waals surface area (Å²) in [5, 5.41) is 62.9. The van der Waals surface area contributed by atoms with Gasteiger partial charge in [0.15, 0.2) is 12.4 Å². The number of phenols is 1. The van der Waals surface area contributed by atoms with E-state index in [0.29, 0.717) is 12.0 Å². The number of rotatable bonds is 34. The zero-order valence-electron chi connectivity index (χ0n) is 48.3. The van der Waals surface area contributed by atoms with E-state index in [1.54, 1.807) is 42.5 Å². The Kier molecular flexibility index (Phi) is 27.0. The number of carboxylic acid groups (broad SMARTS) is 1. The summed E-state index contributed by atoms with van der Waals surface area (Å²) < 4.78 is 11.5. The monoisotopic (exact) mass is 1130 g/mol. The lowest BCUT2D eigenvalue weighted by Gasteiger charge is -2.39. The fourth-order valence-corrected chi connectivity index (χ4v) is 10.6. The molecule has 0 radical (unpaired) electrons. The van der Waals surface area contributed by atoms with Crippen molar-refractivity contribution < 1.29 is 63.8 Å². The van der Waals surface area contributed by atoms with Crippen LogP contribution in [0.15, 0.2) is 66.7 Å². The van der Waals surface area contributed by atoms with Crippen molar-refractivity contribution >= 4 is 35.5 Å². The number of nitrogens with zero attached hydrogens (tertiary/aromatic N) is 1. The van der Waals surface area contributed by atoms with E-state index >= 15 is 0 Å². The van der Waals surface area contributed by atoms with Gasteiger partial charge in [-0.3, -0.25) is 24.0 Å². The molecule has 11 N–H and O–H groups in total. The summed E-state index contributed by atoms with van der Waals surface area (Å²) in [6, 6.07) is 14.7. The first-order valence-corrected chi connectivity index (χ1v) is 29.4. The zero-order chi connectivity index (χ0) is 59.1. The first-order chi connectivity index (χ1) is 38.7. The van der Waals surface area contributed by atoms with Crippen LogP contribution in [0.3, 0.4) is 0 Å². The predicted molar refractivity (Wildman–Crippen MR) is 307 cm³/mol. The SMILES string of the molecule is CCCCCCCCCCCCCCCCO[C@@H]1O[C@H](C(=O)NCCCC[C@@H](NC(=O)[C@H](Cc2ccccc2)NC(=O)[C@@H]2Cc3ccccc3CN2C(=O)[C@@H](N)Cc2c(C)cc(O)cc2C)C(=O)NC(C)(C)C(=O)O)[C@@H](O)[C@H](O)[C@H]1O. The summed E-state index contributed by atoms with van der Waals surface area (Å²) >= 11 is 0. The van der Waals surface area contributed by atoms with Crippen molar-refractivity contribution in [2.45, 2.75) is 230 Å². The van der Waals surface area contributed by atoms with E-state index in [1.807, 2.05) is 38.1 Å². The topological polar surface area (TPSA) is 299 Å². The van der Waals surface area contributed by atoms with Crippen molar-refractivity contribution in [1.82, 2.24) is 26.2 Å². The smallest absolute Gasteiger partial charge is 0.328 e. The lowest BCUT2D eigenvalue weighted by atomic mass is 9.91. The third-order valence-electron chi connectivity index (χ3n) is 15.6. The van der Waals surface area contributed by atoms with Crippen LogP contribution in [0, 0.1) is 13.8 Å². The summed E-state index contributed by atoms with van der Waals surface area (Å²) in [6.07, 6.45) is 9.21. The van der Waals surface area contributed by atoms with Crippen molar-refractivity contribution in [3.8, 4) is 5.75 Å². The summed E-state index contributed by atoms with van der Waals surface area (Å²) in [4.78, 5) is 84.6. The van der Waals surface area contributed by atoms with Gasteiger partial charge in [-0.1, -0.05) is 145 Å². The summed E-state index contributed by atoms with van der Waals surface area (Å²) in [7, 11) is 0. The molecule has 0 aromatic heterocycles. The molecule has 19 heteroatoms. The maximum Gasteiger partial charge on any atom is 0.328 e. The van der Waals surface area contributed by atoms with Crippen LogP contribution in [-0.4, -0.2) is 140 Å². The molecule has 2 aliphatic rings. The maximum absolute atomic E-state index is 14.7. The van der Waals surface area contributed by atoms with Crippen LogP contribution in [0.2, 0.25) is 0 Å². The zero-order valence-corrected chi connectivity index (χ0v) is 48.3. The minimum atomic E-state index is -1.76. The molecule has 81 heavy (non-hydrogen) atoms. The Labute approximate surface area is 478 Å². The molecule has 3 aromatic rings. The van der Waals surface area contributed by atoms with Crippen LogP contribution in [0.25, 0.3) is 0 Å². The molecular formula is C62H92N6O13. The van der Waals surface area contributed by atoms with Crippen molar-refractivity contribution in [1.29, 1.82) is 0 Å². The fraction of sp³-hybridized carbons (Fsp3) is 0.613. The van der Waals surface area contributed by atoms with Gasteiger partial charge in [-0.2, -0.15) is 0 Å². The molecule has 3 aromatic carbocycles. The lowest BCUT2D eigenvalue weighted by molar-refractivity contribution is -0.290. The van der Waals surface area contributed by atoms with Gasteiger partial charge in [-0.15, -0.1) is 0 Å². The van der Waals surface area contributed by atoms with Crippen LogP contribution in [0.1, 0.15) is 163 Å². The molecule has 0 saturated carbocycles. The highest BCUT2D eigenvalue weighted by molar-refractivity contribution is 5.96. The van der Waals surface area contributed by atoms with Crippen LogP contribution in [0.5, 0.6) is 5.75 Å². The number of nitrogens with one attached hydrogen (secondary N) is 4. The number of carbonyl (C=O) groups excluding carboxylic acids is 5. The molecule has 9 atom stereocenters. The van der Waals surface area contributed by atoms with Crippen molar-refractivity contribution in [3.63, 3.8) is 0 Å². The van der Waals surface area contributed by atoms with Crippen LogP contribution >= 0.6 is 0 Å². The molecule has 0 unspecified atom stereocenters. The number of unbranched alkanes of at least 4 members (excludes halogenated alkanes) is 14. The van der Waals surface area contributed by atoms with Crippen molar-refractivity contribution in [3.05, 3.63) is 100 Å². The highest BCUT2D eigenvalue weighted by Gasteiger charge is 2.47. The minimum Gasteiger partial charge on any atom is -0.508 e. The summed E-state index contributed by atoms with van der Waals surface area (Å²) in [5.74, 6) is -4.71. The number of phenolic OH excluding ortho intramolecular Hbond substituents is 1. The summed E-state index contributed by atoms with van der Waals surface area (Å²) in [5.41, 5.74) is 9.53. The molecule has 5 rings (SSSR count). The number of benzene rings is 3. The average Bonchev–Trinajstić information content (AvgIpc) is 3.65. The number of nitrogens with two attached hydrogens (primary N) is 1. The second-order valence-electron chi connectivity index (χ2n) is 22.7. The molecule has 2 aliphatic heterocycles. The highest BCUT2D eigenvalue weighted by atomic mass is 16.7. The molecule has 19 nitrogen and oxygen atoms in total. The first-order valence-electron chi connectivity index (χ1n) is 29.4. The number of aliphatic hydroxyl groups is 3. The van der Waals surface area contributed by atoms with E-state index in [0.717, 1.165) is 47.1 Å². The summed E-state index contributed by atoms with van der Waals surface area (Å²) in [6.45, 7) is 8.75. The number of aryl methyl sites for hydroxylation is 2. The van der Waals surface area contributed by atoms with Crippen molar-refractivity contribution in [2.24, 2.45) is 5.73 Å². The van der Waals surface area contributed by atoms with Gasteiger partial charge in [0.05, 0.1) is 6.04 Å². The van der Waals surface area contributed by atoms with E-state index in [-0.39, 0.29) is 64.0 Å². The number of carbonyl (C=O) groups is 6. The Hall–Kier alpha value is -5.96. The Balaban J connectivity index is 1.19. The van der Waals surface area contributed by atoms with Gasteiger partial charge in [0, 0.05) is 32.5 Å². The molecule has 448 valence electrons. The van der Waals surface area contributed by atoms with Crippen LogP contribution in [-0.2, 0) is 64.0 Å². The largest absolute Gasteiger partial charge is 0.508 e. The minimum absolute atomic E-state index is 0.00176. The average molecular weight is 1130 g/mol. The van der Waals surface area contributed by atoms with Gasteiger partial charge < -0.3 is 66.9 Å². The van der Waals surface area contributed by atoms with Gasteiger partial charge in [-0.05, 0) is 105 Å². The first kappa shape index (κ1) is 65.8. The molecular weight excluding hydrogens is 1040 g/mol. The Bertz CT molecular complexity index is 2470. The van der Waals surface area contributed by atoms with E-state index in [4.69, 9.17) is 15.2 Å². The third kappa shape index (κ3) is 20.5. The fourth-order valence-electron chi connectivity index (χ4n) is 10.6. The molecule has 0 spiro atoms. The molecule has 0 bridgehead atoms. The molecule has 5 amide bonds. The van der Waals surface area contributed by atoms with Crippen molar-refractivity contribution in [2.75, 3.05) is 13.2 Å². The second-order valence-corrected chi connectivity index (χ2v) is 22.7.